The minimum absolute atomic E-state index is 0.174. The standard InChI is InChI=1S/C17H13BrN4O4S/c1-10-8-14(23)16(17(24)19-9-11-6-7-15(18)27-11)20-21(10)12-4-2-3-5-13(12)22(25)26/h2-8H,9H2,1H3,(H,19,24). The number of aromatic nitrogens is 2. The van der Waals surface area contributed by atoms with Crippen molar-refractivity contribution in [3.8, 4) is 5.69 Å². The van der Waals surface area contributed by atoms with Crippen LogP contribution >= 0.6 is 27.3 Å². The Kier molecular flexibility index (Phi) is 5.47. The lowest BCUT2D eigenvalue weighted by atomic mass is 10.2. The summed E-state index contributed by atoms with van der Waals surface area (Å²) in [4.78, 5) is 36.3. The summed E-state index contributed by atoms with van der Waals surface area (Å²) < 4.78 is 2.16. The van der Waals surface area contributed by atoms with Crippen molar-refractivity contribution in [2.75, 3.05) is 0 Å². The molecule has 0 atom stereocenters. The molecule has 3 aromatic rings. The normalized spacial score (nSPS) is 10.6. The van der Waals surface area contributed by atoms with Crippen LogP contribution < -0.4 is 10.7 Å². The van der Waals surface area contributed by atoms with Crippen molar-refractivity contribution in [1.29, 1.82) is 0 Å². The van der Waals surface area contributed by atoms with Crippen LogP contribution in [0.15, 0.2) is 51.0 Å². The van der Waals surface area contributed by atoms with Crippen LogP contribution in [0.3, 0.4) is 0 Å². The Morgan fingerprint density at radius 2 is 2.07 bits per heavy atom. The summed E-state index contributed by atoms with van der Waals surface area (Å²) in [6, 6.07) is 10.9. The molecule has 0 aliphatic carbocycles. The van der Waals surface area contributed by atoms with Crippen molar-refractivity contribution in [3.05, 3.63) is 82.9 Å². The fourth-order valence-electron chi connectivity index (χ4n) is 2.44. The predicted molar refractivity (Wildman–Crippen MR) is 104 cm³/mol. The number of thiophene rings is 1. The van der Waals surface area contributed by atoms with Gasteiger partial charge in [0.1, 0.15) is 5.69 Å². The number of carbonyl (C=O) groups excluding carboxylic acids is 1. The van der Waals surface area contributed by atoms with E-state index >= 15 is 0 Å². The van der Waals surface area contributed by atoms with Crippen LogP contribution in [0, 0.1) is 17.0 Å². The average molecular weight is 449 g/mol. The van der Waals surface area contributed by atoms with Gasteiger partial charge in [-0.3, -0.25) is 19.7 Å². The number of nitro benzene ring substituents is 1. The minimum atomic E-state index is -0.642. The van der Waals surface area contributed by atoms with Crippen molar-refractivity contribution in [2.45, 2.75) is 13.5 Å². The number of amides is 1. The topological polar surface area (TPSA) is 107 Å². The second-order valence-electron chi connectivity index (χ2n) is 5.54. The molecule has 0 fully saturated rings. The molecule has 3 rings (SSSR count). The van der Waals surface area contributed by atoms with Crippen molar-refractivity contribution >= 4 is 38.9 Å². The predicted octanol–water partition coefficient (Wildman–Crippen LogP) is 3.20. The summed E-state index contributed by atoms with van der Waals surface area (Å²) in [5.74, 6) is -0.642. The molecule has 1 amide bonds. The van der Waals surface area contributed by atoms with Gasteiger partial charge in [0.25, 0.3) is 11.6 Å². The van der Waals surface area contributed by atoms with E-state index in [-0.39, 0.29) is 23.6 Å². The minimum Gasteiger partial charge on any atom is -0.346 e. The van der Waals surface area contributed by atoms with E-state index in [1.807, 2.05) is 12.1 Å². The van der Waals surface area contributed by atoms with Crippen molar-refractivity contribution in [1.82, 2.24) is 15.1 Å². The highest BCUT2D eigenvalue weighted by atomic mass is 79.9. The number of nitro groups is 1. The highest BCUT2D eigenvalue weighted by molar-refractivity contribution is 9.11. The summed E-state index contributed by atoms with van der Waals surface area (Å²) >= 11 is 4.80. The number of hydrogen-bond donors (Lipinski definition) is 1. The monoisotopic (exact) mass is 448 g/mol. The maximum atomic E-state index is 12.4. The van der Waals surface area contributed by atoms with Gasteiger partial charge in [0, 0.05) is 22.7 Å². The summed E-state index contributed by atoms with van der Waals surface area (Å²) in [7, 11) is 0. The van der Waals surface area contributed by atoms with Crippen LogP contribution in [0.2, 0.25) is 0 Å². The van der Waals surface area contributed by atoms with Gasteiger partial charge in [0.15, 0.2) is 5.69 Å². The Labute approximate surface area is 165 Å². The largest absolute Gasteiger partial charge is 0.346 e. The number of benzene rings is 1. The SMILES string of the molecule is Cc1cc(=O)c(C(=O)NCc2ccc(Br)s2)nn1-c1ccccc1[N+](=O)[O-]. The van der Waals surface area contributed by atoms with Crippen molar-refractivity contribution in [2.24, 2.45) is 0 Å². The van der Waals surface area contributed by atoms with Crippen molar-refractivity contribution in [3.63, 3.8) is 0 Å². The van der Waals surface area contributed by atoms with Crippen LogP contribution in [0.25, 0.3) is 5.69 Å². The second kappa shape index (κ2) is 7.80. The molecule has 0 radical (unpaired) electrons. The molecule has 138 valence electrons. The molecular weight excluding hydrogens is 436 g/mol. The zero-order valence-corrected chi connectivity index (χ0v) is 16.4. The molecule has 10 heteroatoms. The Morgan fingerprint density at radius 3 is 2.74 bits per heavy atom. The summed E-state index contributed by atoms with van der Waals surface area (Å²) in [6.45, 7) is 1.84. The van der Waals surface area contributed by atoms with Gasteiger partial charge in [-0.25, -0.2) is 4.68 Å². The first kappa shape index (κ1) is 18.9. The average Bonchev–Trinajstić information content (AvgIpc) is 3.05. The first-order chi connectivity index (χ1) is 12.9. The van der Waals surface area contributed by atoms with Crippen LogP contribution in [0.4, 0.5) is 5.69 Å². The number of halogens is 1. The fourth-order valence-corrected chi connectivity index (χ4v) is 3.87. The Bertz CT molecular complexity index is 1090. The number of carbonyl (C=O) groups is 1. The first-order valence-corrected chi connectivity index (χ1v) is 9.35. The molecule has 1 N–H and O–H groups in total. The molecule has 0 spiro atoms. The number of aryl methyl sites for hydroxylation is 1. The van der Waals surface area contributed by atoms with Gasteiger partial charge >= 0.3 is 0 Å². The number of para-hydroxylation sites is 2. The van der Waals surface area contributed by atoms with Gasteiger partial charge in [-0.2, -0.15) is 5.10 Å². The number of nitrogens with one attached hydrogen (secondary N) is 1. The molecule has 8 nitrogen and oxygen atoms in total. The second-order valence-corrected chi connectivity index (χ2v) is 8.09. The van der Waals surface area contributed by atoms with Crippen LogP contribution in [0.5, 0.6) is 0 Å². The molecule has 2 heterocycles. The third-order valence-electron chi connectivity index (χ3n) is 3.68. The smallest absolute Gasteiger partial charge is 0.294 e. The zero-order valence-electron chi connectivity index (χ0n) is 14.0. The summed E-state index contributed by atoms with van der Waals surface area (Å²) in [5, 5.41) is 18.0. The zero-order chi connectivity index (χ0) is 19.6. The van der Waals surface area contributed by atoms with Gasteiger partial charge < -0.3 is 5.32 Å². The van der Waals surface area contributed by atoms with Crippen LogP contribution in [-0.2, 0) is 6.54 Å². The maximum absolute atomic E-state index is 12.4. The lowest BCUT2D eigenvalue weighted by Crippen LogP contribution is -2.31. The Morgan fingerprint density at radius 1 is 1.33 bits per heavy atom. The third kappa shape index (κ3) is 4.12. The van der Waals surface area contributed by atoms with Gasteiger partial charge in [-0.05, 0) is 41.1 Å². The molecule has 0 aliphatic heterocycles. The summed E-state index contributed by atoms with van der Waals surface area (Å²) in [6.07, 6.45) is 0. The summed E-state index contributed by atoms with van der Waals surface area (Å²) in [5.41, 5.74) is -0.489. The molecule has 1 aromatic carbocycles. The number of hydrogen-bond acceptors (Lipinski definition) is 6. The lowest BCUT2D eigenvalue weighted by Gasteiger charge is -2.11. The van der Waals surface area contributed by atoms with E-state index in [1.165, 1.54) is 40.3 Å². The fraction of sp³-hybridized carbons (Fsp3) is 0.118. The van der Waals surface area contributed by atoms with Crippen LogP contribution in [-0.4, -0.2) is 20.6 Å². The van der Waals surface area contributed by atoms with Crippen molar-refractivity contribution < 1.29 is 9.72 Å². The van der Waals surface area contributed by atoms with Gasteiger partial charge in [0.2, 0.25) is 5.43 Å². The van der Waals surface area contributed by atoms with E-state index < -0.39 is 16.3 Å². The van der Waals surface area contributed by atoms with Crippen LogP contribution in [0.1, 0.15) is 21.1 Å². The molecule has 0 aliphatic rings. The molecule has 0 bridgehead atoms. The molecule has 2 aromatic heterocycles. The molecule has 0 saturated heterocycles. The van der Waals surface area contributed by atoms with E-state index in [0.29, 0.717) is 5.69 Å². The van der Waals surface area contributed by atoms with Gasteiger partial charge in [-0.1, -0.05) is 12.1 Å². The molecule has 27 heavy (non-hydrogen) atoms. The number of nitrogens with zero attached hydrogens (tertiary/aromatic N) is 3. The molecular formula is C17H13BrN4O4S. The Balaban J connectivity index is 1.96. The first-order valence-electron chi connectivity index (χ1n) is 7.74. The highest BCUT2D eigenvalue weighted by Crippen LogP contribution is 2.23. The third-order valence-corrected chi connectivity index (χ3v) is 5.30. The van der Waals surface area contributed by atoms with Gasteiger partial charge in [-0.15, -0.1) is 11.3 Å². The van der Waals surface area contributed by atoms with E-state index in [9.17, 15) is 19.7 Å². The quantitative estimate of drug-likeness (QED) is 0.476. The molecule has 0 saturated carbocycles. The Hall–Kier alpha value is -2.85. The van der Waals surface area contributed by atoms with E-state index in [4.69, 9.17) is 0 Å². The lowest BCUT2D eigenvalue weighted by molar-refractivity contribution is -0.384. The highest BCUT2D eigenvalue weighted by Gasteiger charge is 2.20. The van der Waals surface area contributed by atoms with E-state index in [1.54, 1.807) is 13.0 Å². The van der Waals surface area contributed by atoms with E-state index in [2.05, 4.69) is 26.3 Å². The number of rotatable bonds is 5. The van der Waals surface area contributed by atoms with E-state index in [0.717, 1.165) is 8.66 Å². The van der Waals surface area contributed by atoms with Gasteiger partial charge in [0.05, 0.1) is 15.3 Å². The maximum Gasteiger partial charge on any atom is 0.294 e. The molecule has 0 unspecified atom stereocenters.